The Morgan fingerprint density at radius 2 is 1.67 bits per heavy atom. The maximum Gasteiger partial charge on any atom is 0.223 e. The summed E-state index contributed by atoms with van der Waals surface area (Å²) in [5.74, 6) is 1.36. The first kappa shape index (κ1) is 20.3. The number of rotatable bonds is 7. The maximum absolute atomic E-state index is 12.6. The number of amides is 1. The Bertz CT molecular complexity index is 558. The number of carbonyl (C=O) groups is 1. The van der Waals surface area contributed by atoms with E-state index in [1.165, 1.54) is 0 Å². The summed E-state index contributed by atoms with van der Waals surface area (Å²) >= 11 is 0. The molecule has 0 spiro atoms. The number of carbonyl (C=O) groups excluding carboxylic acids is 1. The molecule has 1 unspecified atom stereocenters. The Morgan fingerprint density at radius 3 is 2.17 bits per heavy atom. The third-order valence-corrected chi connectivity index (χ3v) is 3.87. The van der Waals surface area contributed by atoms with Gasteiger partial charge in [-0.1, -0.05) is 33.8 Å². The van der Waals surface area contributed by atoms with Crippen LogP contribution in [0.25, 0.3) is 0 Å². The van der Waals surface area contributed by atoms with Crippen LogP contribution in [0.3, 0.4) is 0 Å². The van der Waals surface area contributed by atoms with Gasteiger partial charge in [0, 0.05) is 11.5 Å². The number of hydrogen-bond donors (Lipinski definition) is 1. The van der Waals surface area contributed by atoms with E-state index in [4.69, 9.17) is 9.47 Å². The van der Waals surface area contributed by atoms with Gasteiger partial charge in [0.15, 0.2) is 11.5 Å². The van der Waals surface area contributed by atoms with Gasteiger partial charge in [-0.05, 0) is 49.8 Å². The molecule has 1 rings (SSSR count). The number of benzene rings is 1. The molecule has 0 aliphatic carbocycles. The normalized spacial score (nSPS) is 13.3. The SMILES string of the molecule is COc1ccc(CC(C)C(=O)NC(C)(C)CC(C)(C)C)cc1OC. The van der Waals surface area contributed by atoms with Gasteiger partial charge in [-0.25, -0.2) is 0 Å². The molecule has 1 atom stereocenters. The molecule has 0 radical (unpaired) electrons. The molecule has 4 nitrogen and oxygen atoms in total. The fourth-order valence-corrected chi connectivity index (χ4v) is 3.28. The first-order valence-corrected chi connectivity index (χ1v) is 8.50. The summed E-state index contributed by atoms with van der Waals surface area (Å²) in [7, 11) is 3.23. The van der Waals surface area contributed by atoms with E-state index >= 15 is 0 Å². The Labute approximate surface area is 146 Å². The molecule has 1 aromatic rings. The summed E-state index contributed by atoms with van der Waals surface area (Å²) in [5.41, 5.74) is 1.01. The lowest BCUT2D eigenvalue weighted by molar-refractivity contribution is -0.126. The van der Waals surface area contributed by atoms with Crippen molar-refractivity contribution in [3.63, 3.8) is 0 Å². The zero-order valence-electron chi connectivity index (χ0n) is 16.4. The number of hydrogen-bond acceptors (Lipinski definition) is 3. The fourth-order valence-electron chi connectivity index (χ4n) is 3.28. The predicted octanol–water partition coefficient (Wildman–Crippen LogP) is 4.21. The second-order valence-corrected chi connectivity index (χ2v) is 8.41. The van der Waals surface area contributed by atoms with E-state index in [0.717, 1.165) is 12.0 Å². The standard InChI is InChI=1S/C20H33NO3/c1-14(18(22)21-20(5,6)13-19(2,3)4)11-15-9-10-16(23-7)17(12-15)24-8/h9-10,12,14H,11,13H2,1-8H3,(H,21,22). The van der Waals surface area contributed by atoms with Crippen LogP contribution in [0, 0.1) is 11.3 Å². The van der Waals surface area contributed by atoms with Crippen LogP contribution in [0.5, 0.6) is 11.5 Å². The Balaban J connectivity index is 2.74. The average molecular weight is 335 g/mol. The second-order valence-electron chi connectivity index (χ2n) is 8.41. The summed E-state index contributed by atoms with van der Waals surface area (Å²) in [4.78, 5) is 12.6. The molecule has 0 fully saturated rings. The van der Waals surface area contributed by atoms with Crippen LogP contribution in [0.15, 0.2) is 18.2 Å². The van der Waals surface area contributed by atoms with Crippen LogP contribution in [0.2, 0.25) is 0 Å². The van der Waals surface area contributed by atoms with Crippen molar-refractivity contribution in [1.82, 2.24) is 5.32 Å². The molecule has 0 bridgehead atoms. The van der Waals surface area contributed by atoms with Crippen molar-refractivity contribution in [1.29, 1.82) is 0 Å². The molecular formula is C20H33NO3. The lowest BCUT2D eigenvalue weighted by atomic mass is 9.81. The molecule has 1 aromatic carbocycles. The van der Waals surface area contributed by atoms with Crippen molar-refractivity contribution in [2.24, 2.45) is 11.3 Å². The van der Waals surface area contributed by atoms with Crippen molar-refractivity contribution in [3.05, 3.63) is 23.8 Å². The van der Waals surface area contributed by atoms with E-state index in [0.29, 0.717) is 17.9 Å². The molecule has 0 saturated heterocycles. The van der Waals surface area contributed by atoms with Gasteiger partial charge in [-0.15, -0.1) is 0 Å². The van der Waals surface area contributed by atoms with Crippen molar-refractivity contribution in [2.75, 3.05) is 14.2 Å². The van der Waals surface area contributed by atoms with Crippen molar-refractivity contribution in [2.45, 2.75) is 59.9 Å². The first-order valence-electron chi connectivity index (χ1n) is 8.50. The Hall–Kier alpha value is -1.71. The molecule has 4 heteroatoms. The van der Waals surface area contributed by atoms with E-state index in [2.05, 4.69) is 39.9 Å². The average Bonchev–Trinajstić information content (AvgIpc) is 2.43. The highest BCUT2D eigenvalue weighted by Gasteiger charge is 2.28. The highest BCUT2D eigenvalue weighted by atomic mass is 16.5. The first-order chi connectivity index (χ1) is 11.0. The van der Waals surface area contributed by atoms with Crippen LogP contribution in [-0.2, 0) is 11.2 Å². The molecular weight excluding hydrogens is 302 g/mol. The predicted molar refractivity (Wildman–Crippen MR) is 98.7 cm³/mol. The molecule has 0 aliphatic heterocycles. The zero-order chi connectivity index (χ0) is 18.5. The molecule has 1 amide bonds. The zero-order valence-corrected chi connectivity index (χ0v) is 16.4. The van der Waals surface area contributed by atoms with Crippen molar-refractivity contribution >= 4 is 5.91 Å². The van der Waals surface area contributed by atoms with E-state index in [9.17, 15) is 4.79 Å². The quantitative estimate of drug-likeness (QED) is 0.812. The summed E-state index contributed by atoms with van der Waals surface area (Å²) < 4.78 is 10.6. The van der Waals surface area contributed by atoms with Crippen molar-refractivity contribution in [3.8, 4) is 11.5 Å². The van der Waals surface area contributed by atoms with E-state index in [-0.39, 0.29) is 22.8 Å². The summed E-state index contributed by atoms with van der Waals surface area (Å²) in [5, 5.41) is 3.19. The third kappa shape index (κ3) is 6.42. The van der Waals surface area contributed by atoms with Crippen LogP contribution in [0.4, 0.5) is 0 Å². The molecule has 0 aliphatic rings. The monoisotopic (exact) mass is 335 g/mol. The smallest absolute Gasteiger partial charge is 0.223 e. The Morgan fingerprint density at radius 1 is 1.08 bits per heavy atom. The molecule has 136 valence electrons. The molecule has 1 N–H and O–H groups in total. The van der Waals surface area contributed by atoms with Gasteiger partial charge in [-0.3, -0.25) is 4.79 Å². The number of nitrogens with one attached hydrogen (secondary N) is 1. The lowest BCUT2D eigenvalue weighted by Gasteiger charge is -2.34. The van der Waals surface area contributed by atoms with Gasteiger partial charge in [-0.2, -0.15) is 0 Å². The van der Waals surface area contributed by atoms with Crippen molar-refractivity contribution < 1.29 is 14.3 Å². The van der Waals surface area contributed by atoms with E-state index in [1.54, 1.807) is 14.2 Å². The Kier molecular flexibility index (Phi) is 6.70. The second kappa shape index (κ2) is 7.91. The van der Waals surface area contributed by atoms with Crippen LogP contribution < -0.4 is 14.8 Å². The fraction of sp³-hybridized carbons (Fsp3) is 0.650. The maximum atomic E-state index is 12.6. The van der Waals surface area contributed by atoms with Gasteiger partial charge >= 0.3 is 0 Å². The molecule has 0 saturated carbocycles. The van der Waals surface area contributed by atoms with Gasteiger partial charge in [0.1, 0.15) is 0 Å². The van der Waals surface area contributed by atoms with Gasteiger partial charge in [0.25, 0.3) is 0 Å². The molecule has 0 heterocycles. The summed E-state index contributed by atoms with van der Waals surface area (Å²) in [6, 6.07) is 5.79. The molecule has 24 heavy (non-hydrogen) atoms. The number of ether oxygens (including phenoxy) is 2. The van der Waals surface area contributed by atoms with E-state index < -0.39 is 0 Å². The summed E-state index contributed by atoms with van der Waals surface area (Å²) in [6.45, 7) is 12.7. The summed E-state index contributed by atoms with van der Waals surface area (Å²) in [6.07, 6.45) is 1.59. The third-order valence-electron chi connectivity index (χ3n) is 3.87. The minimum absolute atomic E-state index is 0.0824. The van der Waals surface area contributed by atoms with Gasteiger partial charge in [0.2, 0.25) is 5.91 Å². The van der Waals surface area contributed by atoms with Crippen LogP contribution in [-0.4, -0.2) is 25.7 Å². The number of methoxy groups -OCH3 is 2. The van der Waals surface area contributed by atoms with Gasteiger partial charge < -0.3 is 14.8 Å². The highest BCUT2D eigenvalue weighted by molar-refractivity contribution is 5.79. The van der Waals surface area contributed by atoms with E-state index in [1.807, 2.05) is 25.1 Å². The largest absolute Gasteiger partial charge is 0.493 e. The van der Waals surface area contributed by atoms with Crippen LogP contribution in [0.1, 0.15) is 53.5 Å². The topological polar surface area (TPSA) is 47.6 Å². The van der Waals surface area contributed by atoms with Gasteiger partial charge in [0.05, 0.1) is 14.2 Å². The minimum Gasteiger partial charge on any atom is -0.493 e. The molecule has 0 aromatic heterocycles. The highest BCUT2D eigenvalue weighted by Crippen LogP contribution is 2.29. The van der Waals surface area contributed by atoms with Crippen LogP contribution >= 0.6 is 0 Å². The lowest BCUT2D eigenvalue weighted by Crippen LogP contribution is -2.48. The minimum atomic E-state index is -0.221.